The number of esters is 1. The molecule has 0 atom stereocenters. The number of amides is 3. The van der Waals surface area contributed by atoms with Gasteiger partial charge in [-0.1, -0.05) is 30.7 Å². The Morgan fingerprint density at radius 3 is 1.94 bits per heavy atom. The molecule has 252 valence electrons. The molecule has 0 spiro atoms. The first-order valence-corrected chi connectivity index (χ1v) is 15.7. The molecule has 0 bridgehead atoms. The fourth-order valence-electron chi connectivity index (χ4n) is 5.07. The molecule has 0 aromatic heterocycles. The molecule has 1 aliphatic rings. The summed E-state index contributed by atoms with van der Waals surface area (Å²) in [5, 5.41) is 7.63. The van der Waals surface area contributed by atoms with Gasteiger partial charge in [0.05, 0.1) is 19.2 Å². The molecule has 0 radical (unpaired) electrons. The van der Waals surface area contributed by atoms with Crippen LogP contribution in [0.5, 0.6) is 11.5 Å². The Kier molecular flexibility index (Phi) is 13.6. The zero-order chi connectivity index (χ0) is 34.5. The number of nitrogens with one attached hydrogen (secondary N) is 3. The first-order chi connectivity index (χ1) is 22.4. The second-order valence-electron chi connectivity index (χ2n) is 11.6. The number of carbonyl (C=O) groups excluding carboxylic acids is 4. The second kappa shape index (κ2) is 17.6. The van der Waals surface area contributed by atoms with Crippen LogP contribution in [0.2, 0.25) is 0 Å². The monoisotopic (exact) mass is 645 g/mol. The van der Waals surface area contributed by atoms with Crippen LogP contribution in [0.25, 0.3) is 0 Å². The average Bonchev–Trinajstić information content (AvgIpc) is 3.06. The molecule has 0 fully saturated rings. The summed E-state index contributed by atoms with van der Waals surface area (Å²) in [6, 6.07) is 20.2. The van der Waals surface area contributed by atoms with Crippen LogP contribution in [0, 0.1) is 0 Å². The van der Waals surface area contributed by atoms with Crippen molar-refractivity contribution in [3.63, 3.8) is 0 Å². The minimum absolute atomic E-state index is 0.0290. The van der Waals surface area contributed by atoms with Crippen molar-refractivity contribution in [1.29, 1.82) is 0 Å². The number of benzene rings is 3. The van der Waals surface area contributed by atoms with Gasteiger partial charge in [0, 0.05) is 95.7 Å². The van der Waals surface area contributed by atoms with E-state index in [1.54, 1.807) is 6.07 Å². The van der Waals surface area contributed by atoms with E-state index >= 15 is 0 Å². The highest BCUT2D eigenvalue weighted by Crippen LogP contribution is 2.49. The highest BCUT2D eigenvalue weighted by molar-refractivity contribution is 5.89. The van der Waals surface area contributed by atoms with Crippen molar-refractivity contribution in [3.8, 4) is 11.5 Å². The van der Waals surface area contributed by atoms with E-state index in [0.717, 1.165) is 58.8 Å². The number of carbonyl (C=O) groups is 4. The van der Waals surface area contributed by atoms with E-state index in [0.29, 0.717) is 18.5 Å². The summed E-state index contributed by atoms with van der Waals surface area (Å²) in [7, 11) is 11.0. The van der Waals surface area contributed by atoms with Gasteiger partial charge < -0.3 is 35.2 Å². The predicted molar refractivity (Wildman–Crippen MR) is 185 cm³/mol. The number of hydrogen-bond donors (Lipinski definition) is 3. The highest BCUT2D eigenvalue weighted by Gasteiger charge is 2.30. The van der Waals surface area contributed by atoms with Crippen molar-refractivity contribution < 1.29 is 28.7 Å². The highest BCUT2D eigenvalue weighted by atomic mass is 16.5. The van der Waals surface area contributed by atoms with Crippen molar-refractivity contribution in [3.05, 3.63) is 82.9 Å². The van der Waals surface area contributed by atoms with Gasteiger partial charge in [0.1, 0.15) is 11.5 Å². The molecule has 3 N–H and O–H groups in total. The van der Waals surface area contributed by atoms with Gasteiger partial charge in [0.25, 0.3) is 0 Å². The van der Waals surface area contributed by atoms with Gasteiger partial charge in [0.2, 0.25) is 17.7 Å². The number of likely N-dealkylation sites (N-methyl/N-ethyl adjacent to an activating group) is 1. The number of hydrogen-bond acceptors (Lipinski definition) is 8. The number of fused-ring (bicyclic) bond motifs is 2. The van der Waals surface area contributed by atoms with E-state index in [1.807, 2.05) is 40.3 Å². The number of rotatable bonds is 12. The minimum Gasteiger partial charge on any atom is -0.465 e. The van der Waals surface area contributed by atoms with Crippen LogP contribution in [0.4, 0.5) is 11.4 Å². The Balaban J connectivity index is 0.000000303. The first kappa shape index (κ1) is 36.4. The summed E-state index contributed by atoms with van der Waals surface area (Å²) in [6.07, 6.45) is 2.92. The molecule has 11 heteroatoms. The molecule has 3 aromatic rings. The zero-order valence-electron chi connectivity index (χ0n) is 28.4. The van der Waals surface area contributed by atoms with Crippen molar-refractivity contribution >= 4 is 35.1 Å². The lowest BCUT2D eigenvalue weighted by molar-refractivity contribution is -0.125. The average molecular weight is 646 g/mol. The van der Waals surface area contributed by atoms with E-state index in [2.05, 4.69) is 68.2 Å². The number of methoxy groups -OCH3 is 1. The Hall–Kier alpha value is -5.06. The lowest BCUT2D eigenvalue weighted by atomic mass is 9.82. The molecule has 11 nitrogen and oxygen atoms in total. The molecule has 4 rings (SSSR count). The summed E-state index contributed by atoms with van der Waals surface area (Å²) < 4.78 is 11.3. The largest absolute Gasteiger partial charge is 0.465 e. The quantitative estimate of drug-likeness (QED) is 0.152. The van der Waals surface area contributed by atoms with Crippen molar-refractivity contribution in [2.75, 3.05) is 65.2 Å². The van der Waals surface area contributed by atoms with Crippen molar-refractivity contribution in [1.82, 2.24) is 16.0 Å². The zero-order valence-corrected chi connectivity index (χ0v) is 28.4. The number of anilines is 2. The molecule has 0 unspecified atom stereocenters. The van der Waals surface area contributed by atoms with Crippen LogP contribution in [0.1, 0.15) is 65.6 Å². The Morgan fingerprint density at radius 2 is 1.40 bits per heavy atom. The van der Waals surface area contributed by atoms with Gasteiger partial charge in [0.15, 0.2) is 0 Å². The smallest absolute Gasteiger partial charge is 0.337 e. The Morgan fingerprint density at radius 1 is 0.787 bits per heavy atom. The standard InChI is InChI=1S/C25H26N2O3.C11H21N3O3/c1-26(2)18-9-11-20-22(14-18)30-23-15-19(27(3)4)10-12-21(23)24(20)16-7-6-8-17(13-16)25(28)29-5;1-9(15)13-7-5-3-4-6-10(16)14-8-11(17)12-2/h6-15,24H,1-5H3;3-8H2,1-2H3,(H,12,17)(H,13,15)(H,14,16). The normalized spacial score (nSPS) is 11.4. The van der Waals surface area contributed by atoms with Crippen LogP contribution in [0.15, 0.2) is 60.7 Å². The van der Waals surface area contributed by atoms with Crippen LogP contribution < -0.4 is 30.5 Å². The SMILES string of the molecule is CNC(=O)CNC(=O)CCCCCNC(C)=O.COC(=O)c1cccc(C2c3ccc(N(C)C)cc3Oc3cc(N(C)C)ccc32)c1. The summed E-state index contributed by atoms with van der Waals surface area (Å²) in [6.45, 7) is 2.16. The number of unbranched alkanes of at least 4 members (excludes halogenated alkanes) is 2. The molecular formula is C36H47N5O6. The third-order valence-electron chi connectivity index (χ3n) is 7.69. The third kappa shape index (κ3) is 10.5. The Bertz CT molecular complexity index is 1500. The molecule has 1 heterocycles. The number of nitrogens with zero attached hydrogens (tertiary/aromatic N) is 2. The van der Waals surface area contributed by atoms with Crippen molar-refractivity contribution in [2.24, 2.45) is 0 Å². The van der Waals surface area contributed by atoms with Crippen molar-refractivity contribution in [2.45, 2.75) is 38.5 Å². The molecular weight excluding hydrogens is 598 g/mol. The van der Waals surface area contributed by atoms with Gasteiger partial charge in [-0.05, 0) is 42.7 Å². The van der Waals surface area contributed by atoms with E-state index in [1.165, 1.54) is 21.1 Å². The maximum Gasteiger partial charge on any atom is 0.337 e. The fourth-order valence-corrected chi connectivity index (χ4v) is 5.07. The van der Waals surface area contributed by atoms with E-state index < -0.39 is 0 Å². The maximum atomic E-state index is 12.1. The lowest BCUT2D eigenvalue weighted by Gasteiger charge is -2.30. The Labute approximate surface area is 277 Å². The van der Waals surface area contributed by atoms with E-state index in [4.69, 9.17) is 9.47 Å². The molecule has 0 saturated heterocycles. The van der Waals surface area contributed by atoms with Gasteiger partial charge >= 0.3 is 5.97 Å². The predicted octanol–water partition coefficient (Wildman–Crippen LogP) is 4.44. The van der Waals surface area contributed by atoms with Gasteiger partial charge in [-0.3, -0.25) is 14.4 Å². The molecule has 1 aliphatic heterocycles. The maximum absolute atomic E-state index is 12.1. The molecule has 0 saturated carbocycles. The second-order valence-corrected chi connectivity index (χ2v) is 11.6. The molecule has 0 aliphatic carbocycles. The van der Waals surface area contributed by atoms with Crippen LogP contribution in [-0.4, -0.2) is 79.1 Å². The van der Waals surface area contributed by atoms with E-state index in [-0.39, 0.29) is 36.2 Å². The summed E-state index contributed by atoms with van der Waals surface area (Å²) in [4.78, 5) is 48.9. The van der Waals surface area contributed by atoms with Gasteiger partial charge in [-0.15, -0.1) is 0 Å². The first-order valence-electron chi connectivity index (χ1n) is 15.7. The summed E-state index contributed by atoms with van der Waals surface area (Å²) >= 11 is 0. The van der Waals surface area contributed by atoms with Crippen LogP contribution in [-0.2, 0) is 19.1 Å². The third-order valence-corrected chi connectivity index (χ3v) is 7.69. The number of ether oxygens (including phenoxy) is 2. The molecule has 3 amide bonds. The molecule has 3 aromatic carbocycles. The fraction of sp³-hybridized carbons (Fsp3) is 0.389. The topological polar surface area (TPSA) is 129 Å². The lowest BCUT2D eigenvalue weighted by Crippen LogP contribution is -2.35. The van der Waals surface area contributed by atoms with Gasteiger partial charge in [-0.2, -0.15) is 0 Å². The van der Waals surface area contributed by atoms with Crippen LogP contribution >= 0.6 is 0 Å². The minimum atomic E-state index is -0.338. The van der Waals surface area contributed by atoms with Crippen LogP contribution in [0.3, 0.4) is 0 Å². The van der Waals surface area contributed by atoms with Gasteiger partial charge in [-0.25, -0.2) is 4.79 Å². The summed E-state index contributed by atoms with van der Waals surface area (Å²) in [5.41, 5.74) is 5.87. The van der Waals surface area contributed by atoms with E-state index in [9.17, 15) is 19.2 Å². The molecule has 47 heavy (non-hydrogen) atoms. The summed E-state index contributed by atoms with van der Waals surface area (Å²) in [5.74, 6) is 0.928.